The van der Waals surface area contributed by atoms with Crippen LogP contribution in [0.2, 0.25) is 5.15 Å². The third-order valence-corrected chi connectivity index (χ3v) is 5.31. The molecule has 1 atom stereocenters. The number of ether oxygens (including phenoxy) is 1. The molecule has 0 aliphatic rings. The summed E-state index contributed by atoms with van der Waals surface area (Å²) < 4.78 is 33.1. The number of hydrogen-bond acceptors (Lipinski definition) is 7. The summed E-state index contributed by atoms with van der Waals surface area (Å²) in [6.45, 7) is 2.86. The monoisotopic (exact) mass is 429 g/mol. The van der Waals surface area contributed by atoms with E-state index >= 15 is 0 Å². The Morgan fingerprint density at radius 2 is 2.11 bits per heavy atom. The number of halogens is 1. The van der Waals surface area contributed by atoms with Gasteiger partial charge in [0.2, 0.25) is 0 Å². The zero-order valence-electron chi connectivity index (χ0n) is 15.5. The number of amides is 1. The highest BCUT2D eigenvalue weighted by Gasteiger charge is 2.21. The average molecular weight is 430 g/mol. The van der Waals surface area contributed by atoms with Crippen molar-refractivity contribution >= 4 is 39.2 Å². The summed E-state index contributed by atoms with van der Waals surface area (Å²) in [4.78, 5) is 31.7. The van der Waals surface area contributed by atoms with Gasteiger partial charge in [-0.2, -0.15) is 0 Å². The molecule has 0 aromatic carbocycles. The largest absolute Gasteiger partial charge is 0.452 e. The van der Waals surface area contributed by atoms with Gasteiger partial charge in [-0.15, -0.1) is 0 Å². The predicted octanol–water partition coefficient (Wildman–Crippen LogP) is 1.02. The molecule has 2 rings (SSSR count). The van der Waals surface area contributed by atoms with Gasteiger partial charge in [-0.3, -0.25) is 9.59 Å². The molecular weight excluding hydrogens is 410 g/mol. The zero-order chi connectivity index (χ0) is 20.9. The number of esters is 1. The van der Waals surface area contributed by atoms with E-state index in [0.29, 0.717) is 5.82 Å². The Morgan fingerprint density at radius 1 is 1.39 bits per heavy atom. The van der Waals surface area contributed by atoms with Crippen LogP contribution in [-0.2, 0) is 31.4 Å². The molecule has 0 radical (unpaired) electrons. The van der Waals surface area contributed by atoms with Gasteiger partial charge in [0.05, 0.1) is 12.1 Å². The Hall–Kier alpha value is -2.50. The molecular formula is C16H20ClN5O5S. The summed E-state index contributed by atoms with van der Waals surface area (Å²) in [5.41, 5.74) is 0.287. The molecule has 2 heterocycles. The number of carbonyl (C=O) groups is 2. The maximum atomic E-state index is 12.1. The molecule has 0 spiro atoms. The number of nitrogens with zero attached hydrogens (tertiary/aromatic N) is 3. The number of rotatable bonds is 8. The number of carbonyl (C=O) groups excluding carboxylic acids is 2. The summed E-state index contributed by atoms with van der Waals surface area (Å²) in [6, 6.07) is 3.14. The molecule has 28 heavy (non-hydrogen) atoms. The van der Waals surface area contributed by atoms with Crippen LogP contribution in [0.4, 0.5) is 5.69 Å². The van der Waals surface area contributed by atoms with Gasteiger partial charge < -0.3 is 14.6 Å². The van der Waals surface area contributed by atoms with E-state index in [4.69, 9.17) is 16.3 Å². The molecule has 152 valence electrons. The van der Waals surface area contributed by atoms with Gasteiger partial charge >= 0.3 is 5.97 Å². The van der Waals surface area contributed by atoms with Crippen molar-refractivity contribution in [3.63, 3.8) is 0 Å². The summed E-state index contributed by atoms with van der Waals surface area (Å²) in [5, 5.41) is 2.46. The lowest BCUT2D eigenvalue weighted by Gasteiger charge is -2.14. The van der Waals surface area contributed by atoms with Gasteiger partial charge in [0.1, 0.15) is 5.82 Å². The van der Waals surface area contributed by atoms with Crippen LogP contribution in [0.5, 0.6) is 0 Å². The molecule has 1 amide bonds. The van der Waals surface area contributed by atoms with Crippen LogP contribution in [0.15, 0.2) is 29.6 Å². The number of hydrogen-bond donors (Lipinski definition) is 2. The van der Waals surface area contributed by atoms with Gasteiger partial charge in [0.15, 0.2) is 16.3 Å². The van der Waals surface area contributed by atoms with E-state index in [1.807, 2.05) is 0 Å². The number of pyridine rings is 1. The summed E-state index contributed by atoms with van der Waals surface area (Å²) in [7, 11) is -2.17. The second kappa shape index (κ2) is 9.13. The van der Waals surface area contributed by atoms with Crippen LogP contribution >= 0.6 is 11.6 Å². The van der Waals surface area contributed by atoms with Crippen molar-refractivity contribution in [3.05, 3.63) is 35.5 Å². The Kier molecular flexibility index (Phi) is 7.11. The van der Waals surface area contributed by atoms with Crippen LogP contribution in [0.3, 0.4) is 0 Å². The molecule has 0 saturated carbocycles. The fraction of sp³-hybridized carbons (Fsp3) is 0.375. The van der Waals surface area contributed by atoms with E-state index in [-0.39, 0.29) is 28.8 Å². The Balaban J connectivity index is 1.81. The fourth-order valence-corrected chi connectivity index (χ4v) is 3.27. The number of sulfonamides is 1. The van der Waals surface area contributed by atoms with Crippen molar-refractivity contribution in [3.8, 4) is 0 Å². The molecule has 0 bridgehead atoms. The molecule has 2 aromatic heterocycles. The molecule has 0 fully saturated rings. The first-order chi connectivity index (χ1) is 13.1. The van der Waals surface area contributed by atoms with Gasteiger partial charge in [-0.1, -0.05) is 11.6 Å². The molecule has 0 saturated heterocycles. The summed E-state index contributed by atoms with van der Waals surface area (Å²) in [5.74, 6) is -0.791. The van der Waals surface area contributed by atoms with Gasteiger partial charge in [-0.05, 0) is 26.0 Å². The summed E-state index contributed by atoms with van der Waals surface area (Å²) in [6.07, 6.45) is 1.48. The van der Waals surface area contributed by atoms with Crippen molar-refractivity contribution in [2.45, 2.75) is 31.4 Å². The lowest BCUT2D eigenvalue weighted by atomic mass is 10.3. The van der Waals surface area contributed by atoms with Crippen molar-refractivity contribution in [2.24, 2.45) is 7.05 Å². The van der Waals surface area contributed by atoms with Crippen LogP contribution < -0.4 is 10.0 Å². The number of aromatic nitrogens is 3. The molecule has 0 aliphatic carbocycles. The van der Waals surface area contributed by atoms with E-state index in [0.717, 1.165) is 0 Å². The number of imidazole rings is 1. The second-order valence-electron chi connectivity index (χ2n) is 5.85. The quantitative estimate of drug-likeness (QED) is 0.472. The highest BCUT2D eigenvalue weighted by molar-refractivity contribution is 7.89. The summed E-state index contributed by atoms with van der Waals surface area (Å²) >= 11 is 5.85. The Bertz CT molecular complexity index is 956. The minimum absolute atomic E-state index is 0.105. The number of aryl methyl sites for hydroxylation is 2. The Morgan fingerprint density at radius 3 is 2.71 bits per heavy atom. The molecule has 10 nitrogen and oxygen atoms in total. The maximum absolute atomic E-state index is 12.1. The third kappa shape index (κ3) is 5.75. The van der Waals surface area contributed by atoms with Crippen molar-refractivity contribution in [1.29, 1.82) is 0 Å². The van der Waals surface area contributed by atoms with Gasteiger partial charge in [0.25, 0.3) is 15.9 Å². The smallest absolute Gasteiger partial charge is 0.307 e. The van der Waals surface area contributed by atoms with E-state index in [1.165, 1.54) is 19.3 Å². The van der Waals surface area contributed by atoms with Crippen molar-refractivity contribution in [1.82, 2.24) is 19.3 Å². The fourth-order valence-electron chi connectivity index (χ4n) is 2.04. The third-order valence-electron chi connectivity index (χ3n) is 3.68. The molecule has 0 aliphatic heterocycles. The van der Waals surface area contributed by atoms with Crippen LogP contribution in [-0.4, -0.2) is 47.5 Å². The molecule has 2 aromatic rings. The van der Waals surface area contributed by atoms with Crippen molar-refractivity contribution in [2.75, 3.05) is 11.9 Å². The SMILES string of the molecule is Cc1nc(S(=O)(=O)NCCC(=O)OC(C)C(=O)Nc2cccnc2Cl)cn1C. The first kappa shape index (κ1) is 21.8. The number of anilines is 1. The highest BCUT2D eigenvalue weighted by atomic mass is 35.5. The van der Waals surface area contributed by atoms with Crippen LogP contribution in [0.25, 0.3) is 0 Å². The highest BCUT2D eigenvalue weighted by Crippen LogP contribution is 2.17. The van der Waals surface area contributed by atoms with Gasteiger partial charge in [-0.25, -0.2) is 23.1 Å². The van der Waals surface area contributed by atoms with Crippen LogP contribution in [0.1, 0.15) is 19.2 Å². The molecule has 12 heteroatoms. The predicted molar refractivity (Wildman–Crippen MR) is 101 cm³/mol. The van der Waals surface area contributed by atoms with Crippen LogP contribution in [0, 0.1) is 6.92 Å². The minimum atomic E-state index is -3.84. The molecule has 1 unspecified atom stereocenters. The van der Waals surface area contributed by atoms with E-state index in [1.54, 1.807) is 30.7 Å². The lowest BCUT2D eigenvalue weighted by molar-refractivity contribution is -0.152. The lowest BCUT2D eigenvalue weighted by Crippen LogP contribution is -2.32. The van der Waals surface area contributed by atoms with E-state index in [9.17, 15) is 18.0 Å². The Labute approximate surface area is 167 Å². The minimum Gasteiger partial charge on any atom is -0.452 e. The number of nitrogens with one attached hydrogen (secondary N) is 2. The normalized spacial score (nSPS) is 12.4. The average Bonchev–Trinajstić information content (AvgIpc) is 2.96. The second-order valence-corrected chi connectivity index (χ2v) is 7.92. The van der Waals surface area contributed by atoms with E-state index in [2.05, 4.69) is 20.0 Å². The van der Waals surface area contributed by atoms with E-state index < -0.39 is 28.0 Å². The topological polar surface area (TPSA) is 132 Å². The van der Waals surface area contributed by atoms with Gasteiger partial charge in [0, 0.05) is 26.0 Å². The standard InChI is InChI=1S/C16H20ClN5O5S/c1-10(16(24)21-12-5-4-7-18-15(12)17)27-14(23)6-8-19-28(25,26)13-9-22(3)11(2)20-13/h4-5,7,9-10,19H,6,8H2,1-3H3,(H,21,24). The first-order valence-corrected chi connectivity index (χ1v) is 10.1. The maximum Gasteiger partial charge on any atom is 0.307 e. The zero-order valence-corrected chi connectivity index (χ0v) is 17.0. The first-order valence-electron chi connectivity index (χ1n) is 8.20. The molecule has 2 N–H and O–H groups in total. The van der Waals surface area contributed by atoms with Crippen molar-refractivity contribution < 1.29 is 22.7 Å².